The molecule has 19 heteroatoms. The van der Waals surface area contributed by atoms with E-state index in [9.17, 15) is 37.6 Å². The molecule has 2 aliphatic heterocycles. The summed E-state index contributed by atoms with van der Waals surface area (Å²) in [6.07, 6.45) is -1.61. The number of alkyl halides is 3. The molecule has 4 aromatic rings. The predicted octanol–water partition coefficient (Wildman–Crippen LogP) is 8.91. The van der Waals surface area contributed by atoms with E-state index in [1.807, 2.05) is 64.4 Å². The molecule has 14 nitrogen and oxygen atoms in total. The molecule has 2 saturated heterocycles. The van der Waals surface area contributed by atoms with Gasteiger partial charge in [-0.1, -0.05) is 45.0 Å². The van der Waals surface area contributed by atoms with Gasteiger partial charge in [0.15, 0.2) is 5.11 Å². The van der Waals surface area contributed by atoms with Crippen LogP contribution in [0.3, 0.4) is 0 Å². The van der Waals surface area contributed by atoms with E-state index in [0.717, 1.165) is 45.2 Å². The van der Waals surface area contributed by atoms with Crippen LogP contribution in [0.25, 0.3) is 10.4 Å². The molecule has 4 amide bonds. The lowest BCUT2D eigenvalue weighted by molar-refractivity contribution is -0.144. The summed E-state index contributed by atoms with van der Waals surface area (Å²) in [6.45, 7) is 14.6. The third-order valence-corrected chi connectivity index (χ3v) is 13.6. The maximum atomic E-state index is 14.0. The minimum atomic E-state index is -4.80. The van der Waals surface area contributed by atoms with Crippen LogP contribution < -0.4 is 25.2 Å². The molecule has 0 bridgehead atoms. The number of halogens is 3. The number of benzene rings is 3. The molecule has 1 unspecified atom stereocenters. The van der Waals surface area contributed by atoms with Gasteiger partial charge < -0.3 is 34.6 Å². The first-order chi connectivity index (χ1) is 33.1. The lowest BCUT2D eigenvalue weighted by atomic mass is 9.85. The second-order valence-corrected chi connectivity index (χ2v) is 20.1. The number of hydrogen-bond acceptors (Lipinski definition) is 11. The van der Waals surface area contributed by atoms with Gasteiger partial charge in [0.1, 0.15) is 30.0 Å². The molecule has 70 heavy (non-hydrogen) atoms. The standard InChI is InChI=1S/C51H60F3N7O7S2/c1-32(34-13-15-35(16-14-34)43-33(2)56-31-70-43)57-45(63)41-12-10-23-59(41)46(64)44(49(3,4)5)58-42(62)30-67-26-11-25-66-24-8-9-27-68-39-21-19-37(20-22-39)61-48(69)60(47(65)50(61,6)7)38-18-17-36(29-55)40(28-38)51(52,53)54/h13-22,28,31-32,41,44H,8-12,23-27,30H2,1-7H3,(H,57,63)(H,58,62)/t32-,41-,44?/m0/s1. The zero-order chi connectivity index (χ0) is 51.0. The Labute approximate surface area is 416 Å². The van der Waals surface area contributed by atoms with Crippen LogP contribution in [0.2, 0.25) is 0 Å². The van der Waals surface area contributed by atoms with Crippen LogP contribution in [0, 0.1) is 23.7 Å². The van der Waals surface area contributed by atoms with Crippen LogP contribution >= 0.6 is 23.6 Å². The van der Waals surface area contributed by atoms with Crippen molar-refractivity contribution in [3.8, 4) is 22.3 Å². The van der Waals surface area contributed by atoms with Crippen LogP contribution in [0.15, 0.2) is 72.2 Å². The molecule has 2 N–H and O–H groups in total. The Hall–Kier alpha value is -5.94. The first kappa shape index (κ1) is 53.4. The van der Waals surface area contributed by atoms with Crippen LogP contribution in [0.1, 0.15) is 102 Å². The number of carbonyl (C=O) groups excluding carboxylic acids is 4. The third kappa shape index (κ3) is 12.7. The molecule has 6 rings (SSSR count). The molecule has 3 heterocycles. The Kier molecular flexibility index (Phi) is 17.4. The fourth-order valence-corrected chi connectivity index (χ4v) is 9.73. The van der Waals surface area contributed by atoms with Gasteiger partial charge in [0.25, 0.3) is 5.91 Å². The first-order valence-corrected chi connectivity index (χ1v) is 24.5. The van der Waals surface area contributed by atoms with E-state index in [4.69, 9.17) is 26.4 Å². The van der Waals surface area contributed by atoms with Crippen LogP contribution in [-0.4, -0.2) is 95.8 Å². The molecule has 2 fully saturated rings. The van der Waals surface area contributed by atoms with Gasteiger partial charge in [0.05, 0.1) is 51.6 Å². The summed E-state index contributed by atoms with van der Waals surface area (Å²) in [5, 5.41) is 15.2. The fourth-order valence-electron chi connectivity index (χ4n) is 8.39. The van der Waals surface area contributed by atoms with Gasteiger partial charge in [-0.2, -0.15) is 18.4 Å². The normalized spacial score (nSPS) is 16.8. The van der Waals surface area contributed by atoms with Crippen LogP contribution in [0.5, 0.6) is 5.75 Å². The van der Waals surface area contributed by atoms with Crippen molar-refractivity contribution >= 4 is 63.7 Å². The minimum Gasteiger partial charge on any atom is -0.494 e. The highest BCUT2D eigenvalue weighted by Crippen LogP contribution is 2.40. The number of nitrogens with one attached hydrogen (secondary N) is 2. The van der Waals surface area contributed by atoms with Crippen molar-refractivity contribution in [3.63, 3.8) is 0 Å². The van der Waals surface area contributed by atoms with Gasteiger partial charge in [-0.05, 0) is 131 Å². The molecule has 2 aliphatic rings. The summed E-state index contributed by atoms with van der Waals surface area (Å²) < 4.78 is 58.4. The van der Waals surface area contributed by atoms with Crippen molar-refractivity contribution in [1.82, 2.24) is 20.5 Å². The van der Waals surface area contributed by atoms with Crippen molar-refractivity contribution in [2.24, 2.45) is 5.41 Å². The van der Waals surface area contributed by atoms with E-state index < -0.39 is 52.2 Å². The zero-order valence-corrected chi connectivity index (χ0v) is 42.1. The highest BCUT2D eigenvalue weighted by molar-refractivity contribution is 7.81. The van der Waals surface area contributed by atoms with E-state index in [1.165, 1.54) is 6.07 Å². The number of ether oxygens (including phenoxy) is 3. The summed E-state index contributed by atoms with van der Waals surface area (Å²) in [6, 6.07) is 17.7. The number of hydrogen-bond donors (Lipinski definition) is 2. The number of aromatic nitrogens is 1. The van der Waals surface area contributed by atoms with Crippen molar-refractivity contribution < 1.29 is 46.6 Å². The number of thiocarbonyl (C=S) groups is 1. The van der Waals surface area contributed by atoms with Gasteiger partial charge in [-0.15, -0.1) is 11.3 Å². The number of carbonyl (C=O) groups is 4. The van der Waals surface area contributed by atoms with Gasteiger partial charge in [-0.3, -0.25) is 24.1 Å². The van der Waals surface area contributed by atoms with E-state index in [-0.39, 0.29) is 41.9 Å². The zero-order valence-electron chi connectivity index (χ0n) is 40.5. The quantitative estimate of drug-likeness (QED) is 0.0642. The summed E-state index contributed by atoms with van der Waals surface area (Å²) in [5.74, 6) is -0.897. The van der Waals surface area contributed by atoms with E-state index in [2.05, 4.69) is 15.6 Å². The van der Waals surface area contributed by atoms with Crippen LogP contribution in [-0.2, 0) is 34.8 Å². The molecule has 3 atom stereocenters. The van der Waals surface area contributed by atoms with Gasteiger partial charge in [0.2, 0.25) is 17.7 Å². The minimum absolute atomic E-state index is 0.000409. The smallest absolute Gasteiger partial charge is 0.417 e. The molecule has 0 radical (unpaired) electrons. The maximum Gasteiger partial charge on any atom is 0.417 e. The number of aryl methyl sites for hydroxylation is 1. The number of rotatable bonds is 20. The summed E-state index contributed by atoms with van der Waals surface area (Å²) in [7, 11) is 0. The SMILES string of the molecule is Cc1ncsc1-c1ccc([C@H](C)NC(=O)[C@@H]2CCCN2C(=O)C(NC(=O)COCCCOCCCCOc2ccc(N3C(=S)N(c4ccc(C#N)c(C(F)(F)F)c4)C(=O)C3(C)C)cc2)C(C)(C)C)cc1. The molecular weight excluding hydrogens is 944 g/mol. The Bertz CT molecular complexity index is 2560. The number of anilines is 2. The molecule has 1 aromatic heterocycles. The van der Waals surface area contributed by atoms with E-state index in [0.29, 0.717) is 63.5 Å². The summed E-state index contributed by atoms with van der Waals surface area (Å²) in [4.78, 5) is 63.8. The Morgan fingerprint density at radius 2 is 1.60 bits per heavy atom. The molecule has 374 valence electrons. The number of unbranched alkanes of at least 4 members (excludes halogenated alkanes) is 1. The second kappa shape index (κ2) is 22.9. The molecule has 0 saturated carbocycles. The first-order valence-electron chi connectivity index (χ1n) is 23.2. The average molecular weight is 1000 g/mol. The average Bonchev–Trinajstić information content (AvgIpc) is 4.03. The topological polar surface area (TPSA) is 166 Å². The summed E-state index contributed by atoms with van der Waals surface area (Å²) in [5.41, 5.74) is 1.71. The van der Waals surface area contributed by atoms with Crippen molar-refractivity contribution in [3.05, 3.63) is 94.6 Å². The van der Waals surface area contributed by atoms with E-state index >= 15 is 0 Å². The van der Waals surface area contributed by atoms with Crippen molar-refractivity contribution in [2.45, 2.75) is 110 Å². The number of thiazole rings is 1. The number of nitrogens with zero attached hydrogens (tertiary/aromatic N) is 5. The maximum absolute atomic E-state index is 14.0. The van der Waals surface area contributed by atoms with Gasteiger partial charge in [0, 0.05) is 32.1 Å². The largest absolute Gasteiger partial charge is 0.494 e. The number of nitriles is 1. The lowest BCUT2D eigenvalue weighted by Crippen LogP contribution is -2.58. The Balaban J connectivity index is 0.865. The third-order valence-electron chi connectivity index (χ3n) is 12.2. The number of likely N-dealkylation sites (tertiary alicyclic amines) is 1. The van der Waals surface area contributed by atoms with Crippen LogP contribution in [0.4, 0.5) is 24.5 Å². The Morgan fingerprint density at radius 1 is 0.943 bits per heavy atom. The Morgan fingerprint density at radius 3 is 2.24 bits per heavy atom. The second-order valence-electron chi connectivity index (χ2n) is 18.9. The highest BCUT2D eigenvalue weighted by atomic mass is 32.1. The predicted molar refractivity (Wildman–Crippen MR) is 265 cm³/mol. The van der Waals surface area contributed by atoms with E-state index in [1.54, 1.807) is 65.3 Å². The lowest BCUT2D eigenvalue weighted by Gasteiger charge is -2.35. The van der Waals surface area contributed by atoms with Crippen molar-refractivity contribution in [2.75, 3.05) is 49.4 Å². The van der Waals surface area contributed by atoms with Gasteiger partial charge >= 0.3 is 6.18 Å². The van der Waals surface area contributed by atoms with Crippen molar-refractivity contribution in [1.29, 1.82) is 5.26 Å². The summed E-state index contributed by atoms with van der Waals surface area (Å²) >= 11 is 7.21. The monoisotopic (exact) mass is 1000 g/mol. The molecule has 0 aliphatic carbocycles. The van der Waals surface area contributed by atoms with Gasteiger partial charge in [-0.25, -0.2) is 4.98 Å². The highest BCUT2D eigenvalue weighted by Gasteiger charge is 2.51. The molecular formula is C51H60F3N7O7S2. The molecule has 0 spiro atoms. The number of amides is 4. The fraction of sp³-hybridized carbons (Fsp3) is 0.471. The molecule has 3 aromatic carbocycles.